The van der Waals surface area contributed by atoms with E-state index < -0.39 is 0 Å². The third-order valence-electron chi connectivity index (χ3n) is 5.09. The van der Waals surface area contributed by atoms with E-state index in [9.17, 15) is 4.79 Å². The van der Waals surface area contributed by atoms with Crippen molar-refractivity contribution in [2.45, 2.75) is 11.3 Å². The predicted octanol–water partition coefficient (Wildman–Crippen LogP) is 5.86. The number of halogens is 2. The fraction of sp³-hybridized carbons (Fsp3) is 0.208. The molecule has 2 heterocycles. The monoisotopic (exact) mass is 543 g/mol. The minimum absolute atomic E-state index is 0.118. The highest BCUT2D eigenvalue weighted by atomic mass is 79.9. The van der Waals surface area contributed by atoms with Gasteiger partial charge in [-0.2, -0.15) is 9.61 Å². The molecule has 1 N–H and O–H groups in total. The summed E-state index contributed by atoms with van der Waals surface area (Å²) in [6, 6.07) is 19.5. The molecule has 4 aromatic rings. The number of carbonyl (C=O) groups is 1. The average Bonchev–Trinajstić information content (AvgIpc) is 3.21. The Labute approximate surface area is 210 Å². The molecular formula is C24H23BrClN5OS. The second kappa shape index (κ2) is 11.0. The molecule has 0 unspecified atom stereocenters. The Morgan fingerprint density at radius 2 is 1.94 bits per heavy atom. The van der Waals surface area contributed by atoms with Crippen molar-refractivity contribution in [3.63, 3.8) is 0 Å². The third kappa shape index (κ3) is 5.88. The van der Waals surface area contributed by atoms with Crippen molar-refractivity contribution in [3.8, 4) is 11.3 Å². The molecule has 1 amide bonds. The van der Waals surface area contributed by atoms with Gasteiger partial charge < -0.3 is 10.2 Å². The molecule has 2 aromatic carbocycles. The summed E-state index contributed by atoms with van der Waals surface area (Å²) < 4.78 is 2.57. The lowest BCUT2D eigenvalue weighted by Gasteiger charge is -2.17. The zero-order valence-electron chi connectivity index (χ0n) is 18.0. The van der Waals surface area contributed by atoms with Gasteiger partial charge in [-0.1, -0.05) is 48.0 Å². The van der Waals surface area contributed by atoms with Gasteiger partial charge in [0.25, 0.3) is 0 Å². The van der Waals surface area contributed by atoms with E-state index in [0.717, 1.165) is 32.9 Å². The van der Waals surface area contributed by atoms with Crippen molar-refractivity contribution in [2.75, 3.05) is 31.2 Å². The first-order chi connectivity index (χ1) is 16.0. The molecule has 0 bridgehead atoms. The lowest BCUT2D eigenvalue weighted by molar-refractivity contribution is -0.127. The Kier molecular flexibility index (Phi) is 7.90. The van der Waals surface area contributed by atoms with Crippen molar-refractivity contribution < 1.29 is 4.79 Å². The molecule has 0 aliphatic rings. The Morgan fingerprint density at radius 1 is 1.18 bits per heavy atom. The smallest absolute Gasteiger partial charge is 0.232 e. The number of amides is 1. The van der Waals surface area contributed by atoms with Gasteiger partial charge in [-0.3, -0.25) is 4.79 Å². The zero-order chi connectivity index (χ0) is 23.2. The molecule has 170 valence electrons. The van der Waals surface area contributed by atoms with Gasteiger partial charge in [-0.25, -0.2) is 4.98 Å². The highest BCUT2D eigenvalue weighted by Gasteiger charge is 2.14. The summed E-state index contributed by atoms with van der Waals surface area (Å²) in [6.45, 7) is 1.34. The number of nitrogens with one attached hydrogen (secondary N) is 1. The number of nitrogens with zero attached hydrogens (tertiary/aromatic N) is 4. The predicted molar refractivity (Wildman–Crippen MR) is 139 cm³/mol. The second-order valence-corrected chi connectivity index (χ2v) is 9.74. The second-order valence-electron chi connectivity index (χ2n) is 7.43. The maximum Gasteiger partial charge on any atom is 0.232 e. The van der Waals surface area contributed by atoms with Crippen LogP contribution < -0.4 is 5.32 Å². The van der Waals surface area contributed by atoms with E-state index in [1.807, 2.05) is 67.7 Å². The molecule has 33 heavy (non-hydrogen) atoms. The van der Waals surface area contributed by atoms with E-state index in [1.165, 1.54) is 0 Å². The highest BCUT2D eigenvalue weighted by molar-refractivity contribution is 9.10. The molecular weight excluding hydrogens is 522 g/mol. The minimum atomic E-state index is 0.118. The maximum absolute atomic E-state index is 12.4. The topological polar surface area (TPSA) is 62.5 Å². The first-order valence-electron chi connectivity index (χ1n) is 10.5. The lowest BCUT2D eigenvalue weighted by Crippen LogP contribution is -2.30. The molecule has 0 aliphatic heterocycles. The quantitative estimate of drug-likeness (QED) is 0.211. The summed E-state index contributed by atoms with van der Waals surface area (Å²) >= 11 is 11.5. The van der Waals surface area contributed by atoms with Gasteiger partial charge >= 0.3 is 0 Å². The number of rotatable bonds is 9. The van der Waals surface area contributed by atoms with Crippen LogP contribution in [0.2, 0.25) is 5.02 Å². The van der Waals surface area contributed by atoms with Crippen molar-refractivity contribution in [1.29, 1.82) is 0 Å². The number of hydrogen-bond donors (Lipinski definition) is 1. The third-order valence-corrected chi connectivity index (χ3v) is 6.97. The van der Waals surface area contributed by atoms with Crippen LogP contribution in [-0.2, 0) is 4.79 Å². The molecule has 0 saturated heterocycles. The van der Waals surface area contributed by atoms with Gasteiger partial charge in [-0.15, -0.1) is 11.8 Å². The minimum Gasteiger partial charge on any atom is -0.370 e. The number of hydrogen-bond acceptors (Lipinski definition) is 5. The average molecular weight is 545 g/mol. The molecule has 4 rings (SSSR count). The molecule has 0 radical (unpaired) electrons. The fourth-order valence-corrected chi connectivity index (χ4v) is 4.74. The molecule has 9 heteroatoms. The fourth-order valence-electron chi connectivity index (χ4n) is 3.30. The molecule has 0 saturated carbocycles. The van der Waals surface area contributed by atoms with Gasteiger partial charge in [0.2, 0.25) is 5.91 Å². The maximum atomic E-state index is 12.4. The van der Waals surface area contributed by atoms with Crippen LogP contribution in [0.4, 0.5) is 5.82 Å². The number of fused-ring (bicyclic) bond motifs is 1. The zero-order valence-corrected chi connectivity index (χ0v) is 21.2. The Balaban J connectivity index is 1.37. The number of carbonyl (C=O) groups excluding carboxylic acids is 1. The molecule has 0 fully saturated rings. The molecule has 2 aromatic heterocycles. The van der Waals surface area contributed by atoms with Crippen molar-refractivity contribution in [2.24, 2.45) is 0 Å². The van der Waals surface area contributed by atoms with E-state index in [1.54, 1.807) is 27.4 Å². The van der Waals surface area contributed by atoms with Crippen LogP contribution in [0, 0.1) is 0 Å². The normalized spacial score (nSPS) is 11.0. The lowest BCUT2D eigenvalue weighted by atomic mass is 10.1. The summed E-state index contributed by atoms with van der Waals surface area (Å²) in [5, 5.41) is 8.49. The van der Waals surface area contributed by atoms with Crippen molar-refractivity contribution in [3.05, 3.63) is 76.4 Å². The highest BCUT2D eigenvalue weighted by Crippen LogP contribution is 2.30. The first kappa shape index (κ1) is 23.6. The summed E-state index contributed by atoms with van der Waals surface area (Å²) in [6.07, 6.45) is 2.52. The summed E-state index contributed by atoms with van der Waals surface area (Å²) in [5.41, 5.74) is 2.33. The number of thioether (sulfide) groups is 1. The van der Waals surface area contributed by atoms with E-state index in [-0.39, 0.29) is 5.91 Å². The van der Waals surface area contributed by atoms with Crippen LogP contribution in [0.15, 0.2) is 76.2 Å². The number of benzene rings is 2. The largest absolute Gasteiger partial charge is 0.370 e. The first-order valence-corrected chi connectivity index (χ1v) is 12.6. The summed E-state index contributed by atoms with van der Waals surface area (Å²) in [4.78, 5) is 20.0. The van der Waals surface area contributed by atoms with E-state index >= 15 is 0 Å². The number of aromatic nitrogens is 3. The standard InChI is InChI=1S/C24H23BrClN5OS/c1-30(23(32)16-33-17-8-3-2-4-9-17)13-7-12-27-22-14-21(18-10-5-6-11-20(18)26)29-24-19(25)15-28-31(22)24/h2-6,8-11,14-15,27H,7,12-13,16H2,1H3. The molecule has 0 spiro atoms. The van der Waals surface area contributed by atoms with Crippen LogP contribution in [0.1, 0.15) is 6.42 Å². The Hall–Kier alpha value is -2.55. The van der Waals surface area contributed by atoms with Crippen molar-refractivity contribution in [1.82, 2.24) is 19.5 Å². The van der Waals surface area contributed by atoms with Crippen LogP contribution in [0.5, 0.6) is 0 Å². The SMILES string of the molecule is CN(CCCNc1cc(-c2ccccc2Cl)nc2c(Br)cnn12)C(=O)CSc1ccccc1. The number of anilines is 1. The summed E-state index contributed by atoms with van der Waals surface area (Å²) in [5.74, 6) is 1.36. The Bertz CT molecular complexity index is 1250. The van der Waals surface area contributed by atoms with Crippen LogP contribution in [0.25, 0.3) is 16.9 Å². The van der Waals surface area contributed by atoms with Gasteiger partial charge in [-0.05, 0) is 40.5 Å². The van der Waals surface area contributed by atoms with E-state index in [2.05, 4.69) is 26.3 Å². The van der Waals surface area contributed by atoms with Crippen molar-refractivity contribution >= 4 is 56.7 Å². The Morgan fingerprint density at radius 3 is 2.73 bits per heavy atom. The molecule has 0 atom stereocenters. The van der Waals surface area contributed by atoms with E-state index in [0.29, 0.717) is 29.5 Å². The van der Waals surface area contributed by atoms with Gasteiger partial charge in [0, 0.05) is 41.7 Å². The van der Waals surface area contributed by atoms with Crippen LogP contribution in [0.3, 0.4) is 0 Å². The van der Waals surface area contributed by atoms with Gasteiger partial charge in [0.15, 0.2) is 5.65 Å². The van der Waals surface area contributed by atoms with Crippen LogP contribution >= 0.6 is 39.3 Å². The van der Waals surface area contributed by atoms with Gasteiger partial charge in [0.1, 0.15) is 5.82 Å². The molecule has 6 nitrogen and oxygen atoms in total. The molecule has 0 aliphatic carbocycles. The van der Waals surface area contributed by atoms with Crippen LogP contribution in [-0.4, -0.2) is 51.3 Å². The summed E-state index contributed by atoms with van der Waals surface area (Å²) in [7, 11) is 1.85. The van der Waals surface area contributed by atoms with E-state index in [4.69, 9.17) is 16.6 Å². The van der Waals surface area contributed by atoms with Gasteiger partial charge in [0.05, 0.1) is 22.1 Å².